The highest BCUT2D eigenvalue weighted by Crippen LogP contribution is 2.27. The van der Waals surface area contributed by atoms with E-state index in [0.29, 0.717) is 18.4 Å². The van der Waals surface area contributed by atoms with Gasteiger partial charge in [0.2, 0.25) is 5.91 Å². The molecule has 0 spiro atoms. The van der Waals surface area contributed by atoms with Gasteiger partial charge >= 0.3 is 0 Å². The van der Waals surface area contributed by atoms with Crippen LogP contribution < -0.4 is 5.73 Å². The van der Waals surface area contributed by atoms with Gasteiger partial charge in [0.1, 0.15) is 0 Å². The summed E-state index contributed by atoms with van der Waals surface area (Å²) in [6.45, 7) is 2.27. The van der Waals surface area contributed by atoms with Gasteiger partial charge in [-0.1, -0.05) is 38.0 Å². The third-order valence-corrected chi connectivity index (χ3v) is 4.62. The van der Waals surface area contributed by atoms with Crippen molar-refractivity contribution in [1.82, 2.24) is 4.90 Å². The van der Waals surface area contributed by atoms with Crippen LogP contribution in [0.15, 0.2) is 24.3 Å². The van der Waals surface area contributed by atoms with Gasteiger partial charge in [0.05, 0.1) is 0 Å². The SMILES string of the molecule is CC1CCCCC1N(C)C(=O)CCc1ccccc1N.Cl. The fourth-order valence-electron chi connectivity index (χ4n) is 3.24. The van der Waals surface area contributed by atoms with Gasteiger partial charge in [-0.15, -0.1) is 12.4 Å². The van der Waals surface area contributed by atoms with Crippen LogP contribution in [0.2, 0.25) is 0 Å². The van der Waals surface area contributed by atoms with Gasteiger partial charge in [-0.3, -0.25) is 4.79 Å². The normalized spacial score (nSPS) is 21.4. The second-order valence-corrected chi connectivity index (χ2v) is 6.03. The van der Waals surface area contributed by atoms with Crippen LogP contribution in [-0.4, -0.2) is 23.9 Å². The molecule has 2 atom stereocenters. The first-order chi connectivity index (χ1) is 9.59. The molecule has 1 amide bonds. The molecule has 0 saturated heterocycles. The number of anilines is 1. The first-order valence-corrected chi connectivity index (χ1v) is 7.68. The number of amides is 1. The van der Waals surface area contributed by atoms with Gasteiger partial charge in [-0.25, -0.2) is 0 Å². The van der Waals surface area contributed by atoms with Gasteiger partial charge in [-0.05, 0) is 36.8 Å². The number of nitrogen functional groups attached to an aromatic ring is 1. The Hall–Kier alpha value is -1.22. The predicted octanol–water partition coefficient (Wildman–Crippen LogP) is 3.66. The average molecular weight is 311 g/mol. The minimum absolute atomic E-state index is 0. The summed E-state index contributed by atoms with van der Waals surface area (Å²) in [6, 6.07) is 8.22. The summed E-state index contributed by atoms with van der Waals surface area (Å²) in [4.78, 5) is 14.3. The summed E-state index contributed by atoms with van der Waals surface area (Å²) in [7, 11) is 1.96. The number of rotatable bonds is 4. The maximum atomic E-state index is 12.4. The zero-order valence-corrected chi connectivity index (χ0v) is 13.9. The number of aryl methyl sites for hydroxylation is 1. The smallest absolute Gasteiger partial charge is 0.222 e. The molecule has 0 bridgehead atoms. The number of hydrogen-bond donors (Lipinski definition) is 1. The molecule has 2 rings (SSSR count). The Balaban J connectivity index is 0.00000220. The van der Waals surface area contributed by atoms with Crippen LogP contribution in [-0.2, 0) is 11.2 Å². The largest absolute Gasteiger partial charge is 0.399 e. The van der Waals surface area contributed by atoms with Crippen molar-refractivity contribution in [2.24, 2.45) is 5.92 Å². The van der Waals surface area contributed by atoms with Crippen LogP contribution in [0.3, 0.4) is 0 Å². The molecular weight excluding hydrogens is 284 g/mol. The first kappa shape index (κ1) is 17.8. The van der Waals surface area contributed by atoms with Crippen molar-refractivity contribution in [1.29, 1.82) is 0 Å². The van der Waals surface area contributed by atoms with Crippen LogP contribution in [0.1, 0.15) is 44.6 Å². The van der Waals surface area contributed by atoms with Crippen LogP contribution in [0.5, 0.6) is 0 Å². The Morgan fingerprint density at radius 2 is 1.95 bits per heavy atom. The van der Waals surface area contributed by atoms with E-state index in [2.05, 4.69) is 6.92 Å². The van der Waals surface area contributed by atoms with E-state index >= 15 is 0 Å². The monoisotopic (exact) mass is 310 g/mol. The van der Waals surface area contributed by atoms with Gasteiger partial charge in [0, 0.05) is 25.2 Å². The lowest BCUT2D eigenvalue weighted by Crippen LogP contribution is -2.42. The topological polar surface area (TPSA) is 46.3 Å². The molecule has 1 aliphatic rings. The van der Waals surface area contributed by atoms with E-state index in [4.69, 9.17) is 5.73 Å². The number of para-hydroxylation sites is 1. The molecule has 3 nitrogen and oxygen atoms in total. The molecule has 1 aromatic rings. The fourth-order valence-corrected chi connectivity index (χ4v) is 3.24. The van der Waals surface area contributed by atoms with Crippen molar-refractivity contribution >= 4 is 24.0 Å². The summed E-state index contributed by atoms with van der Waals surface area (Å²) < 4.78 is 0. The number of nitrogens with zero attached hydrogens (tertiary/aromatic N) is 1. The van der Waals surface area contributed by atoms with Gasteiger partial charge in [0.25, 0.3) is 0 Å². The zero-order chi connectivity index (χ0) is 14.5. The molecule has 2 N–H and O–H groups in total. The standard InChI is InChI=1S/C17H26N2O.ClH/c1-13-7-3-6-10-16(13)19(2)17(20)12-11-14-8-4-5-9-15(14)18;/h4-5,8-9,13,16H,3,6-7,10-12,18H2,1-2H3;1H. The summed E-state index contributed by atoms with van der Waals surface area (Å²) >= 11 is 0. The van der Waals surface area contributed by atoms with Gasteiger partial charge < -0.3 is 10.6 Å². The Kier molecular flexibility index (Phi) is 7.03. The fraction of sp³-hybridized carbons (Fsp3) is 0.588. The summed E-state index contributed by atoms with van der Waals surface area (Å²) in [5.74, 6) is 0.867. The minimum atomic E-state index is 0. The van der Waals surface area contributed by atoms with Gasteiger partial charge in [-0.2, -0.15) is 0 Å². The summed E-state index contributed by atoms with van der Waals surface area (Å²) in [5.41, 5.74) is 7.78. The average Bonchev–Trinajstić information content (AvgIpc) is 2.46. The van der Waals surface area contributed by atoms with Crippen molar-refractivity contribution in [2.45, 2.75) is 51.5 Å². The molecule has 1 aromatic carbocycles. The van der Waals surface area contributed by atoms with Crippen LogP contribution in [0, 0.1) is 5.92 Å². The van der Waals surface area contributed by atoms with Crippen LogP contribution in [0.25, 0.3) is 0 Å². The van der Waals surface area contributed by atoms with E-state index in [0.717, 1.165) is 24.1 Å². The Labute approximate surface area is 134 Å². The molecule has 4 heteroatoms. The molecule has 21 heavy (non-hydrogen) atoms. The van der Waals surface area contributed by atoms with E-state index in [1.807, 2.05) is 36.2 Å². The van der Waals surface area contributed by atoms with Crippen molar-refractivity contribution in [3.05, 3.63) is 29.8 Å². The number of hydrogen-bond acceptors (Lipinski definition) is 2. The Bertz CT molecular complexity index is 464. The number of carbonyl (C=O) groups is 1. The van der Waals surface area contributed by atoms with E-state index < -0.39 is 0 Å². The first-order valence-electron chi connectivity index (χ1n) is 7.68. The van der Waals surface area contributed by atoms with E-state index in [-0.39, 0.29) is 18.3 Å². The molecule has 2 unspecified atom stereocenters. The second kappa shape index (κ2) is 8.28. The zero-order valence-electron chi connectivity index (χ0n) is 13.0. The molecule has 0 radical (unpaired) electrons. The highest BCUT2D eigenvalue weighted by atomic mass is 35.5. The maximum absolute atomic E-state index is 12.4. The molecule has 0 aromatic heterocycles. The van der Waals surface area contributed by atoms with Gasteiger partial charge in [0.15, 0.2) is 0 Å². The lowest BCUT2D eigenvalue weighted by atomic mass is 9.85. The minimum Gasteiger partial charge on any atom is -0.399 e. The number of benzene rings is 1. The van der Waals surface area contributed by atoms with E-state index in [1.54, 1.807) is 0 Å². The Morgan fingerprint density at radius 1 is 1.29 bits per heavy atom. The highest BCUT2D eigenvalue weighted by Gasteiger charge is 2.27. The molecule has 0 heterocycles. The predicted molar refractivity (Wildman–Crippen MR) is 90.6 cm³/mol. The van der Waals surface area contributed by atoms with Crippen LogP contribution >= 0.6 is 12.4 Å². The quantitative estimate of drug-likeness (QED) is 0.863. The summed E-state index contributed by atoms with van der Waals surface area (Å²) in [5, 5.41) is 0. The van der Waals surface area contributed by atoms with Crippen molar-refractivity contribution in [3.63, 3.8) is 0 Å². The van der Waals surface area contributed by atoms with Crippen LogP contribution in [0.4, 0.5) is 5.69 Å². The number of halogens is 1. The number of nitrogens with two attached hydrogens (primary N) is 1. The van der Waals surface area contributed by atoms with E-state index in [9.17, 15) is 4.79 Å². The maximum Gasteiger partial charge on any atom is 0.222 e. The lowest BCUT2D eigenvalue weighted by molar-refractivity contribution is -0.133. The molecule has 1 aliphatic carbocycles. The van der Waals surface area contributed by atoms with Crippen molar-refractivity contribution in [2.75, 3.05) is 12.8 Å². The highest BCUT2D eigenvalue weighted by molar-refractivity contribution is 5.85. The third-order valence-electron chi connectivity index (χ3n) is 4.62. The lowest BCUT2D eigenvalue weighted by Gasteiger charge is -2.36. The van der Waals surface area contributed by atoms with E-state index in [1.165, 1.54) is 19.3 Å². The molecule has 118 valence electrons. The molecular formula is C17H27ClN2O. The molecule has 1 fully saturated rings. The third kappa shape index (κ3) is 4.63. The Morgan fingerprint density at radius 3 is 2.62 bits per heavy atom. The summed E-state index contributed by atoms with van der Waals surface area (Å²) in [6.07, 6.45) is 6.23. The van der Waals surface area contributed by atoms with Crippen molar-refractivity contribution < 1.29 is 4.79 Å². The molecule has 0 aliphatic heterocycles. The van der Waals surface area contributed by atoms with Crippen molar-refractivity contribution in [3.8, 4) is 0 Å². The molecule has 1 saturated carbocycles. The second-order valence-electron chi connectivity index (χ2n) is 6.03. The number of carbonyl (C=O) groups excluding carboxylic acids is 1.